The Morgan fingerprint density at radius 3 is 1.27 bits per heavy atom. The summed E-state index contributed by atoms with van der Waals surface area (Å²) in [6.07, 6.45) is 3.02. The first kappa shape index (κ1) is 21.2. The first-order chi connectivity index (χ1) is 14.5. The normalized spacial score (nSPS) is 11.0. The molecule has 0 aliphatic carbocycles. The number of hydrogen-bond donors (Lipinski definition) is 2. The Morgan fingerprint density at radius 2 is 0.933 bits per heavy atom. The second-order valence-corrected chi connectivity index (χ2v) is 6.95. The van der Waals surface area contributed by atoms with Gasteiger partial charge in [0.1, 0.15) is 0 Å². The minimum Gasteiger partial charge on any atom is -0.267 e. The minimum atomic E-state index is -0.395. The van der Waals surface area contributed by atoms with Gasteiger partial charge in [0.15, 0.2) is 0 Å². The summed E-state index contributed by atoms with van der Waals surface area (Å²) in [7, 11) is 0. The average Bonchev–Trinajstić information content (AvgIpc) is 2.76. The van der Waals surface area contributed by atoms with Gasteiger partial charge in [-0.05, 0) is 59.7 Å². The Morgan fingerprint density at radius 1 is 0.600 bits per heavy atom. The third kappa shape index (κ3) is 6.27. The van der Waals surface area contributed by atoms with E-state index in [0.717, 1.165) is 11.1 Å². The maximum absolute atomic E-state index is 12.1. The third-order valence-corrected chi connectivity index (χ3v) is 4.41. The number of nitrogens with one attached hydrogen (secondary N) is 2. The van der Waals surface area contributed by atoms with E-state index in [1.165, 1.54) is 36.7 Å². The summed E-state index contributed by atoms with van der Waals surface area (Å²) in [5, 5.41) is 9.05. The van der Waals surface area contributed by atoms with Crippen molar-refractivity contribution in [2.24, 2.45) is 10.2 Å². The lowest BCUT2D eigenvalue weighted by Gasteiger charge is -2.03. The number of hydrogen-bond acceptors (Lipinski definition) is 4. The molecule has 8 heteroatoms. The quantitative estimate of drug-likeness (QED) is 0.437. The van der Waals surface area contributed by atoms with Gasteiger partial charge in [-0.15, -0.1) is 0 Å². The Hall–Kier alpha value is -3.48. The molecule has 6 nitrogen and oxygen atoms in total. The highest BCUT2D eigenvalue weighted by molar-refractivity contribution is 6.30. The average molecular weight is 439 g/mol. The molecule has 0 spiro atoms. The molecule has 0 fully saturated rings. The van der Waals surface area contributed by atoms with Gasteiger partial charge >= 0.3 is 0 Å². The Kier molecular flexibility index (Phi) is 7.32. The fourth-order valence-corrected chi connectivity index (χ4v) is 2.58. The molecule has 0 radical (unpaired) electrons. The summed E-state index contributed by atoms with van der Waals surface area (Å²) in [5.41, 5.74) is 7.19. The van der Waals surface area contributed by atoms with Crippen LogP contribution in [0.5, 0.6) is 0 Å². The molecule has 150 valence electrons. The lowest BCUT2D eigenvalue weighted by molar-refractivity contribution is 0.0943. The number of amides is 2. The fourth-order valence-electron chi connectivity index (χ4n) is 2.33. The maximum Gasteiger partial charge on any atom is 0.271 e. The smallest absolute Gasteiger partial charge is 0.267 e. The van der Waals surface area contributed by atoms with Crippen molar-refractivity contribution >= 4 is 47.4 Å². The first-order valence-electron chi connectivity index (χ1n) is 8.79. The van der Waals surface area contributed by atoms with E-state index in [-0.39, 0.29) is 0 Å². The van der Waals surface area contributed by atoms with Gasteiger partial charge in [0.05, 0.1) is 12.4 Å². The van der Waals surface area contributed by atoms with Gasteiger partial charge in [0.25, 0.3) is 11.8 Å². The Labute approximate surface area is 183 Å². The van der Waals surface area contributed by atoms with E-state index in [0.29, 0.717) is 21.2 Å². The van der Waals surface area contributed by atoms with E-state index >= 15 is 0 Å². The standard InChI is InChI=1S/C22H16Cl2N4O2/c23-19-9-1-15(2-10-19)13-25-27-21(29)17-5-7-18(8-6-17)22(30)28-26-14-16-3-11-20(24)12-4-16/h1-14H,(H,27,29)(H,28,30)/b25-13-,26-14-. The minimum absolute atomic E-state index is 0.365. The number of benzene rings is 3. The van der Waals surface area contributed by atoms with Crippen molar-refractivity contribution in [2.75, 3.05) is 0 Å². The van der Waals surface area contributed by atoms with Crippen LogP contribution in [0.3, 0.4) is 0 Å². The molecule has 3 rings (SSSR count). The van der Waals surface area contributed by atoms with Gasteiger partial charge in [-0.1, -0.05) is 47.5 Å². The second kappa shape index (κ2) is 10.3. The highest BCUT2D eigenvalue weighted by atomic mass is 35.5. The molecule has 0 saturated carbocycles. The van der Waals surface area contributed by atoms with E-state index in [1.807, 2.05) is 0 Å². The predicted molar refractivity (Wildman–Crippen MR) is 119 cm³/mol. The van der Waals surface area contributed by atoms with Gasteiger partial charge in [-0.2, -0.15) is 10.2 Å². The van der Waals surface area contributed by atoms with Crippen LogP contribution in [0.1, 0.15) is 31.8 Å². The zero-order valence-electron chi connectivity index (χ0n) is 15.5. The first-order valence-corrected chi connectivity index (χ1v) is 9.55. The lowest BCUT2D eigenvalue weighted by atomic mass is 10.1. The van der Waals surface area contributed by atoms with Crippen molar-refractivity contribution < 1.29 is 9.59 Å². The predicted octanol–water partition coefficient (Wildman–Crippen LogP) is 4.52. The van der Waals surface area contributed by atoms with Gasteiger partial charge in [0.2, 0.25) is 0 Å². The number of rotatable bonds is 6. The topological polar surface area (TPSA) is 82.9 Å². The van der Waals surface area contributed by atoms with Crippen molar-refractivity contribution in [1.29, 1.82) is 0 Å². The summed E-state index contributed by atoms with van der Waals surface area (Å²) < 4.78 is 0. The van der Waals surface area contributed by atoms with Crippen LogP contribution in [0.4, 0.5) is 0 Å². The van der Waals surface area contributed by atoms with Crippen LogP contribution in [0.15, 0.2) is 83.0 Å². The SMILES string of the molecule is O=C(N/N=C\c1ccc(Cl)cc1)c1ccc(C(=O)N/N=C\c2ccc(Cl)cc2)cc1. The van der Waals surface area contributed by atoms with Gasteiger partial charge in [-0.3, -0.25) is 9.59 Å². The number of carbonyl (C=O) groups is 2. The summed E-state index contributed by atoms with van der Waals surface area (Å²) in [6, 6.07) is 20.2. The van der Waals surface area contributed by atoms with Crippen LogP contribution >= 0.6 is 23.2 Å². The summed E-state index contributed by atoms with van der Waals surface area (Å²) in [4.78, 5) is 24.3. The maximum atomic E-state index is 12.1. The molecular formula is C22H16Cl2N4O2. The highest BCUT2D eigenvalue weighted by Crippen LogP contribution is 2.09. The van der Waals surface area contributed by atoms with Crippen molar-refractivity contribution in [3.8, 4) is 0 Å². The zero-order valence-corrected chi connectivity index (χ0v) is 17.1. The van der Waals surface area contributed by atoms with Gasteiger partial charge < -0.3 is 0 Å². The molecule has 2 N–H and O–H groups in total. The number of nitrogens with zero attached hydrogens (tertiary/aromatic N) is 2. The molecule has 0 bridgehead atoms. The Bertz CT molecular complexity index is 989. The fraction of sp³-hybridized carbons (Fsp3) is 0. The Balaban J connectivity index is 1.53. The van der Waals surface area contributed by atoms with E-state index in [9.17, 15) is 9.59 Å². The van der Waals surface area contributed by atoms with Crippen molar-refractivity contribution in [1.82, 2.24) is 10.9 Å². The van der Waals surface area contributed by atoms with E-state index in [1.54, 1.807) is 48.5 Å². The molecule has 0 aliphatic heterocycles. The molecule has 3 aromatic carbocycles. The van der Waals surface area contributed by atoms with E-state index < -0.39 is 11.8 Å². The zero-order chi connectivity index (χ0) is 21.3. The largest absolute Gasteiger partial charge is 0.271 e. The van der Waals surface area contributed by atoms with Crippen molar-refractivity contribution in [2.45, 2.75) is 0 Å². The van der Waals surface area contributed by atoms with E-state index in [2.05, 4.69) is 21.1 Å². The highest BCUT2D eigenvalue weighted by Gasteiger charge is 2.08. The molecule has 0 aliphatic rings. The molecule has 0 atom stereocenters. The summed E-state index contributed by atoms with van der Waals surface area (Å²) >= 11 is 11.6. The number of hydrazone groups is 2. The molecule has 0 saturated heterocycles. The molecular weight excluding hydrogens is 423 g/mol. The van der Waals surface area contributed by atoms with Crippen molar-refractivity contribution in [3.05, 3.63) is 105 Å². The van der Waals surface area contributed by atoms with Gasteiger partial charge in [0, 0.05) is 21.2 Å². The summed E-state index contributed by atoms with van der Waals surface area (Å²) in [6.45, 7) is 0. The third-order valence-electron chi connectivity index (χ3n) is 3.91. The second-order valence-electron chi connectivity index (χ2n) is 6.08. The molecule has 0 heterocycles. The lowest BCUT2D eigenvalue weighted by Crippen LogP contribution is -2.19. The monoisotopic (exact) mass is 438 g/mol. The summed E-state index contributed by atoms with van der Waals surface area (Å²) in [5.74, 6) is -0.791. The number of carbonyl (C=O) groups excluding carboxylic acids is 2. The molecule has 30 heavy (non-hydrogen) atoms. The van der Waals surface area contributed by atoms with Crippen LogP contribution in [-0.4, -0.2) is 24.2 Å². The van der Waals surface area contributed by atoms with Crippen LogP contribution in [0, 0.1) is 0 Å². The molecule has 2 amide bonds. The van der Waals surface area contributed by atoms with Crippen LogP contribution < -0.4 is 10.9 Å². The molecule has 0 aromatic heterocycles. The molecule has 3 aromatic rings. The van der Waals surface area contributed by atoms with E-state index in [4.69, 9.17) is 23.2 Å². The van der Waals surface area contributed by atoms with Crippen LogP contribution in [0.25, 0.3) is 0 Å². The van der Waals surface area contributed by atoms with Crippen LogP contribution in [0.2, 0.25) is 10.0 Å². The number of halogens is 2. The van der Waals surface area contributed by atoms with Gasteiger partial charge in [-0.25, -0.2) is 10.9 Å². The molecule has 0 unspecified atom stereocenters. The van der Waals surface area contributed by atoms with Crippen molar-refractivity contribution in [3.63, 3.8) is 0 Å². The van der Waals surface area contributed by atoms with Crippen LogP contribution in [-0.2, 0) is 0 Å².